The lowest BCUT2D eigenvalue weighted by Gasteiger charge is -2.21. The van der Waals surface area contributed by atoms with Gasteiger partial charge in [0.1, 0.15) is 11.4 Å². The Labute approximate surface area is 125 Å². The van der Waals surface area contributed by atoms with Crippen molar-refractivity contribution >= 4 is 0 Å². The highest BCUT2D eigenvalue weighted by atomic mass is 16.5. The van der Waals surface area contributed by atoms with E-state index in [0.29, 0.717) is 0 Å². The molecule has 1 heterocycles. The van der Waals surface area contributed by atoms with Crippen LogP contribution in [0.25, 0.3) is 0 Å². The standard InChI is InChI=1S/C16H23N3O2/c1-6-17-15(16-14(21-5)10-18-19(16)3)12-8-7-11(2)13(9-12)20-4/h7-10,15,17H,6H2,1-5H3. The molecule has 0 radical (unpaired) electrons. The summed E-state index contributed by atoms with van der Waals surface area (Å²) in [4.78, 5) is 0. The molecular weight excluding hydrogens is 266 g/mol. The summed E-state index contributed by atoms with van der Waals surface area (Å²) in [5.41, 5.74) is 3.25. The fourth-order valence-electron chi connectivity index (χ4n) is 2.51. The van der Waals surface area contributed by atoms with Gasteiger partial charge in [0.05, 0.1) is 26.5 Å². The third-order valence-electron chi connectivity index (χ3n) is 3.62. The average Bonchev–Trinajstić information content (AvgIpc) is 2.86. The van der Waals surface area contributed by atoms with Crippen molar-refractivity contribution in [3.63, 3.8) is 0 Å². The van der Waals surface area contributed by atoms with Crippen LogP contribution >= 0.6 is 0 Å². The Balaban J connectivity index is 2.50. The van der Waals surface area contributed by atoms with Crippen molar-refractivity contribution < 1.29 is 9.47 Å². The molecule has 5 nitrogen and oxygen atoms in total. The summed E-state index contributed by atoms with van der Waals surface area (Å²) in [6, 6.07) is 6.25. The highest BCUT2D eigenvalue weighted by Gasteiger charge is 2.22. The number of methoxy groups -OCH3 is 2. The SMILES string of the molecule is CCNC(c1ccc(C)c(OC)c1)c1c(OC)cnn1C. The molecule has 1 aromatic carbocycles. The number of hydrogen-bond donors (Lipinski definition) is 1. The van der Waals surface area contributed by atoms with Crippen molar-refractivity contribution in [3.8, 4) is 11.5 Å². The van der Waals surface area contributed by atoms with Gasteiger partial charge in [0, 0.05) is 7.05 Å². The maximum Gasteiger partial charge on any atom is 0.161 e. The topological polar surface area (TPSA) is 48.3 Å². The second kappa shape index (κ2) is 6.63. The molecule has 0 saturated carbocycles. The summed E-state index contributed by atoms with van der Waals surface area (Å²) < 4.78 is 12.7. The van der Waals surface area contributed by atoms with Crippen LogP contribution in [-0.2, 0) is 7.05 Å². The minimum Gasteiger partial charge on any atom is -0.496 e. The monoisotopic (exact) mass is 289 g/mol. The Hall–Kier alpha value is -2.01. The molecule has 21 heavy (non-hydrogen) atoms. The molecule has 0 aliphatic carbocycles. The molecule has 0 spiro atoms. The molecule has 0 bridgehead atoms. The number of rotatable bonds is 6. The summed E-state index contributed by atoms with van der Waals surface area (Å²) in [5, 5.41) is 7.79. The lowest BCUT2D eigenvalue weighted by Crippen LogP contribution is -2.24. The first kappa shape index (κ1) is 15.4. The second-order valence-electron chi connectivity index (χ2n) is 4.94. The molecule has 1 N–H and O–H groups in total. The van der Waals surface area contributed by atoms with Gasteiger partial charge in [-0.3, -0.25) is 4.68 Å². The number of ether oxygens (including phenoxy) is 2. The van der Waals surface area contributed by atoms with Gasteiger partial charge in [-0.2, -0.15) is 5.10 Å². The van der Waals surface area contributed by atoms with Crippen LogP contribution in [0.2, 0.25) is 0 Å². The molecular formula is C16H23N3O2. The minimum atomic E-state index is 0.00644. The third-order valence-corrected chi connectivity index (χ3v) is 3.62. The van der Waals surface area contributed by atoms with Gasteiger partial charge in [-0.05, 0) is 30.7 Å². The number of benzene rings is 1. The smallest absolute Gasteiger partial charge is 0.161 e. The van der Waals surface area contributed by atoms with Crippen LogP contribution in [0.5, 0.6) is 11.5 Å². The molecule has 2 aromatic rings. The van der Waals surface area contributed by atoms with E-state index in [4.69, 9.17) is 9.47 Å². The molecule has 1 aromatic heterocycles. The van der Waals surface area contributed by atoms with Gasteiger partial charge < -0.3 is 14.8 Å². The van der Waals surface area contributed by atoms with Gasteiger partial charge >= 0.3 is 0 Å². The van der Waals surface area contributed by atoms with Crippen molar-refractivity contribution in [2.45, 2.75) is 19.9 Å². The van der Waals surface area contributed by atoms with Crippen molar-refractivity contribution in [1.82, 2.24) is 15.1 Å². The van der Waals surface area contributed by atoms with E-state index in [1.54, 1.807) is 20.4 Å². The normalized spacial score (nSPS) is 12.2. The predicted molar refractivity (Wildman–Crippen MR) is 83.0 cm³/mol. The van der Waals surface area contributed by atoms with Gasteiger partial charge in [0.15, 0.2) is 5.75 Å². The Morgan fingerprint density at radius 3 is 2.57 bits per heavy atom. The van der Waals surface area contributed by atoms with E-state index in [1.807, 2.05) is 18.7 Å². The van der Waals surface area contributed by atoms with Crippen molar-refractivity contribution in [2.24, 2.45) is 7.05 Å². The Morgan fingerprint density at radius 2 is 1.95 bits per heavy atom. The molecule has 0 aliphatic rings. The van der Waals surface area contributed by atoms with E-state index < -0.39 is 0 Å². The number of nitrogens with one attached hydrogen (secondary N) is 1. The maximum absolute atomic E-state index is 5.44. The average molecular weight is 289 g/mol. The second-order valence-corrected chi connectivity index (χ2v) is 4.94. The van der Waals surface area contributed by atoms with Crippen LogP contribution in [0.4, 0.5) is 0 Å². The molecule has 5 heteroatoms. The third kappa shape index (κ3) is 3.03. The fraction of sp³-hybridized carbons (Fsp3) is 0.438. The number of aromatic nitrogens is 2. The first-order valence-electron chi connectivity index (χ1n) is 7.06. The van der Waals surface area contributed by atoms with E-state index in [2.05, 4.69) is 35.5 Å². The van der Waals surface area contributed by atoms with E-state index in [-0.39, 0.29) is 6.04 Å². The first-order valence-corrected chi connectivity index (χ1v) is 7.06. The van der Waals surface area contributed by atoms with Crippen LogP contribution in [0.15, 0.2) is 24.4 Å². The largest absolute Gasteiger partial charge is 0.496 e. The van der Waals surface area contributed by atoms with E-state index in [1.165, 1.54) is 0 Å². The van der Waals surface area contributed by atoms with Gasteiger partial charge in [-0.15, -0.1) is 0 Å². The zero-order valence-electron chi connectivity index (χ0n) is 13.3. The lowest BCUT2D eigenvalue weighted by molar-refractivity contribution is 0.399. The maximum atomic E-state index is 5.44. The summed E-state index contributed by atoms with van der Waals surface area (Å²) in [6.45, 7) is 4.96. The van der Waals surface area contributed by atoms with Gasteiger partial charge in [0.25, 0.3) is 0 Å². The zero-order valence-corrected chi connectivity index (χ0v) is 13.3. The van der Waals surface area contributed by atoms with Crippen molar-refractivity contribution in [2.75, 3.05) is 20.8 Å². The molecule has 0 saturated heterocycles. The van der Waals surface area contributed by atoms with Gasteiger partial charge in [0.2, 0.25) is 0 Å². The summed E-state index contributed by atoms with van der Waals surface area (Å²) in [6.07, 6.45) is 1.74. The van der Waals surface area contributed by atoms with E-state index in [9.17, 15) is 0 Å². The molecule has 114 valence electrons. The Bertz CT molecular complexity index is 608. The summed E-state index contributed by atoms with van der Waals surface area (Å²) in [7, 11) is 5.28. The van der Waals surface area contributed by atoms with Gasteiger partial charge in [-0.1, -0.05) is 19.1 Å². The van der Waals surface area contributed by atoms with Gasteiger partial charge in [-0.25, -0.2) is 0 Å². The Morgan fingerprint density at radius 1 is 1.24 bits per heavy atom. The molecule has 2 rings (SSSR count). The van der Waals surface area contributed by atoms with Crippen LogP contribution < -0.4 is 14.8 Å². The minimum absolute atomic E-state index is 0.00644. The number of nitrogens with zero attached hydrogens (tertiary/aromatic N) is 2. The van der Waals surface area contributed by atoms with Crippen molar-refractivity contribution in [3.05, 3.63) is 41.2 Å². The highest BCUT2D eigenvalue weighted by Crippen LogP contribution is 2.32. The van der Waals surface area contributed by atoms with Crippen molar-refractivity contribution in [1.29, 1.82) is 0 Å². The number of aryl methyl sites for hydroxylation is 2. The predicted octanol–water partition coefficient (Wildman–Crippen LogP) is 2.44. The molecule has 1 unspecified atom stereocenters. The van der Waals surface area contributed by atoms with Crippen LogP contribution in [0.3, 0.4) is 0 Å². The Kier molecular flexibility index (Phi) is 4.85. The van der Waals surface area contributed by atoms with Crippen LogP contribution in [0, 0.1) is 6.92 Å². The quantitative estimate of drug-likeness (QED) is 0.887. The lowest BCUT2D eigenvalue weighted by atomic mass is 10.0. The van der Waals surface area contributed by atoms with Crippen LogP contribution in [0.1, 0.15) is 29.8 Å². The van der Waals surface area contributed by atoms with E-state index >= 15 is 0 Å². The summed E-state index contributed by atoms with van der Waals surface area (Å²) >= 11 is 0. The van der Waals surface area contributed by atoms with Crippen LogP contribution in [-0.4, -0.2) is 30.5 Å². The summed E-state index contributed by atoms with van der Waals surface area (Å²) in [5.74, 6) is 1.67. The fourth-order valence-corrected chi connectivity index (χ4v) is 2.51. The molecule has 0 amide bonds. The number of hydrogen-bond acceptors (Lipinski definition) is 4. The molecule has 0 fully saturated rings. The first-order chi connectivity index (χ1) is 10.1. The van der Waals surface area contributed by atoms with E-state index in [0.717, 1.165) is 34.9 Å². The molecule has 0 aliphatic heterocycles. The molecule has 1 atom stereocenters. The zero-order chi connectivity index (χ0) is 15.4. The highest BCUT2D eigenvalue weighted by molar-refractivity contribution is 5.42.